The van der Waals surface area contributed by atoms with Crippen molar-refractivity contribution < 1.29 is 14.3 Å². The Hall–Kier alpha value is -2.89. The Bertz CT molecular complexity index is 847. The summed E-state index contributed by atoms with van der Waals surface area (Å²) < 4.78 is 10.5. The highest BCUT2D eigenvalue weighted by molar-refractivity contribution is 6.02. The van der Waals surface area contributed by atoms with Crippen LogP contribution in [0.25, 0.3) is 0 Å². The summed E-state index contributed by atoms with van der Waals surface area (Å²) in [6, 6.07) is 9.78. The first kappa shape index (κ1) is 14.7. The molecule has 6 nitrogen and oxygen atoms in total. The van der Waals surface area contributed by atoms with Gasteiger partial charge in [0, 0.05) is 18.8 Å². The van der Waals surface area contributed by atoms with E-state index >= 15 is 0 Å². The minimum Gasteiger partial charge on any atom is -0.491 e. The van der Waals surface area contributed by atoms with Crippen LogP contribution >= 0.6 is 0 Å². The Morgan fingerprint density at radius 2 is 1.96 bits per heavy atom. The summed E-state index contributed by atoms with van der Waals surface area (Å²) in [4.78, 5) is 23.7. The topological polar surface area (TPSA) is 64.0 Å². The highest BCUT2D eigenvalue weighted by Gasteiger charge is 2.33. The number of ether oxygens (including phenoxy) is 2. The van der Waals surface area contributed by atoms with Crippen LogP contribution in [0.4, 0.5) is 5.82 Å². The number of carbonyl (C=O) groups is 1. The van der Waals surface area contributed by atoms with Gasteiger partial charge < -0.3 is 14.4 Å². The van der Waals surface area contributed by atoms with Crippen molar-refractivity contribution in [1.82, 2.24) is 9.88 Å². The van der Waals surface area contributed by atoms with Crippen LogP contribution in [0.3, 0.4) is 0 Å². The largest absolute Gasteiger partial charge is 0.491 e. The van der Waals surface area contributed by atoms with Crippen LogP contribution in [-0.2, 0) is 13.0 Å². The Morgan fingerprint density at radius 3 is 2.71 bits per heavy atom. The molecule has 0 saturated carbocycles. The smallest absolute Gasteiger partial charge is 0.258 e. The quantitative estimate of drug-likeness (QED) is 0.851. The van der Waals surface area contributed by atoms with Crippen LogP contribution in [0.2, 0.25) is 0 Å². The second-order valence-corrected chi connectivity index (χ2v) is 5.82. The van der Waals surface area contributed by atoms with Crippen LogP contribution in [-0.4, -0.2) is 42.3 Å². The SMILES string of the molecule is COc1cc2c(nc1OC)N=C[C@@H]1Cc3ccccc3CN1C2=O. The van der Waals surface area contributed by atoms with Crippen molar-refractivity contribution in [1.29, 1.82) is 0 Å². The zero-order valence-electron chi connectivity index (χ0n) is 13.5. The lowest BCUT2D eigenvalue weighted by molar-refractivity contribution is 0.0703. The summed E-state index contributed by atoms with van der Waals surface area (Å²) in [7, 11) is 3.04. The molecular formula is C18H17N3O3. The van der Waals surface area contributed by atoms with Gasteiger partial charge in [-0.1, -0.05) is 24.3 Å². The summed E-state index contributed by atoms with van der Waals surface area (Å²) in [5.74, 6) is 1.03. The van der Waals surface area contributed by atoms with Crippen molar-refractivity contribution in [3.05, 3.63) is 47.0 Å². The molecule has 0 unspecified atom stereocenters. The summed E-state index contributed by atoms with van der Waals surface area (Å²) in [5.41, 5.74) is 2.87. The standard InChI is InChI=1S/C18H17N3O3/c1-23-15-8-14-16(20-17(15)24-2)19-9-13-7-11-5-3-4-6-12(11)10-21(13)18(14)22/h3-6,8-9,13H,7,10H2,1-2H3/t13-/m0/s1. The van der Waals surface area contributed by atoms with E-state index in [1.807, 2.05) is 17.0 Å². The van der Waals surface area contributed by atoms with Gasteiger partial charge in [-0.15, -0.1) is 0 Å². The molecule has 2 aromatic rings. The lowest BCUT2D eigenvalue weighted by Gasteiger charge is -2.34. The number of aliphatic imine (C=N–C) groups is 1. The molecule has 0 fully saturated rings. The molecule has 1 aromatic heterocycles. The van der Waals surface area contributed by atoms with Crippen LogP contribution in [0, 0.1) is 0 Å². The van der Waals surface area contributed by atoms with Gasteiger partial charge in [0.15, 0.2) is 11.6 Å². The molecule has 0 bridgehead atoms. The molecule has 2 aliphatic rings. The number of fused-ring (bicyclic) bond motifs is 3. The first-order chi connectivity index (χ1) is 11.7. The molecule has 0 spiro atoms. The maximum atomic E-state index is 13.1. The molecule has 6 heteroatoms. The monoisotopic (exact) mass is 323 g/mol. The lowest BCUT2D eigenvalue weighted by atomic mass is 9.94. The minimum atomic E-state index is -0.0875. The van der Waals surface area contributed by atoms with Crippen molar-refractivity contribution in [2.75, 3.05) is 14.2 Å². The first-order valence-corrected chi connectivity index (χ1v) is 7.76. The van der Waals surface area contributed by atoms with E-state index in [2.05, 4.69) is 22.1 Å². The molecule has 1 aromatic carbocycles. The van der Waals surface area contributed by atoms with Gasteiger partial charge >= 0.3 is 0 Å². The maximum absolute atomic E-state index is 13.1. The summed E-state index contributed by atoms with van der Waals surface area (Å²) >= 11 is 0. The second-order valence-electron chi connectivity index (χ2n) is 5.82. The highest BCUT2D eigenvalue weighted by atomic mass is 16.5. The molecule has 0 saturated heterocycles. The molecule has 4 rings (SSSR count). The van der Waals surface area contributed by atoms with E-state index in [1.165, 1.54) is 25.3 Å². The number of methoxy groups -OCH3 is 2. The zero-order chi connectivity index (χ0) is 16.7. The molecule has 2 aliphatic heterocycles. The molecule has 0 aliphatic carbocycles. The average molecular weight is 323 g/mol. The fourth-order valence-corrected chi connectivity index (χ4v) is 3.23. The Kier molecular flexibility index (Phi) is 3.45. The van der Waals surface area contributed by atoms with Crippen molar-refractivity contribution in [2.45, 2.75) is 19.0 Å². The fourth-order valence-electron chi connectivity index (χ4n) is 3.23. The fraction of sp³-hybridized carbons (Fsp3) is 0.278. The van der Waals surface area contributed by atoms with Crippen molar-refractivity contribution in [2.24, 2.45) is 4.99 Å². The Labute approximate surface area is 139 Å². The third-order valence-electron chi connectivity index (χ3n) is 4.50. The van der Waals surface area contributed by atoms with E-state index in [-0.39, 0.29) is 11.9 Å². The number of carbonyl (C=O) groups excluding carboxylic acids is 1. The molecule has 0 N–H and O–H groups in total. The zero-order valence-corrected chi connectivity index (χ0v) is 13.5. The number of hydrogen-bond acceptors (Lipinski definition) is 5. The summed E-state index contributed by atoms with van der Waals surface area (Å²) in [5, 5.41) is 0. The maximum Gasteiger partial charge on any atom is 0.258 e. The predicted molar refractivity (Wildman–Crippen MR) is 89.3 cm³/mol. The van der Waals surface area contributed by atoms with Gasteiger partial charge in [-0.25, -0.2) is 4.99 Å². The van der Waals surface area contributed by atoms with Crippen molar-refractivity contribution >= 4 is 17.9 Å². The Balaban J connectivity index is 1.79. The van der Waals surface area contributed by atoms with Gasteiger partial charge in [-0.05, 0) is 17.5 Å². The Morgan fingerprint density at radius 1 is 1.17 bits per heavy atom. The summed E-state index contributed by atoms with van der Waals surface area (Å²) in [6.45, 7) is 0.569. The van der Waals surface area contributed by atoms with Gasteiger partial charge in [0.1, 0.15) is 0 Å². The van der Waals surface area contributed by atoms with Crippen LogP contribution in [0.5, 0.6) is 11.6 Å². The number of amides is 1. The van der Waals surface area contributed by atoms with Gasteiger partial charge in [-0.2, -0.15) is 4.98 Å². The molecular weight excluding hydrogens is 306 g/mol. The molecule has 3 heterocycles. The van der Waals surface area contributed by atoms with E-state index in [0.717, 1.165) is 6.42 Å². The molecule has 1 atom stereocenters. The second kappa shape index (κ2) is 5.63. The third kappa shape index (κ3) is 2.22. The average Bonchev–Trinajstić information content (AvgIpc) is 2.76. The van der Waals surface area contributed by atoms with Crippen LogP contribution in [0.15, 0.2) is 35.3 Å². The number of aromatic nitrogens is 1. The predicted octanol–water partition coefficient (Wildman–Crippen LogP) is 2.38. The van der Waals surface area contributed by atoms with Gasteiger partial charge in [-0.3, -0.25) is 4.79 Å². The van der Waals surface area contributed by atoms with Crippen LogP contribution < -0.4 is 9.47 Å². The van der Waals surface area contributed by atoms with E-state index in [0.29, 0.717) is 29.6 Å². The lowest BCUT2D eigenvalue weighted by Crippen LogP contribution is -2.44. The molecule has 24 heavy (non-hydrogen) atoms. The van der Waals surface area contributed by atoms with Crippen LogP contribution in [0.1, 0.15) is 21.5 Å². The van der Waals surface area contributed by atoms with E-state index in [9.17, 15) is 4.79 Å². The number of rotatable bonds is 2. The minimum absolute atomic E-state index is 0.0708. The van der Waals surface area contributed by atoms with Gasteiger partial charge in [0.2, 0.25) is 0 Å². The number of pyridine rings is 1. The third-order valence-corrected chi connectivity index (χ3v) is 4.50. The number of nitrogens with zero attached hydrogens (tertiary/aromatic N) is 3. The number of benzene rings is 1. The van der Waals surface area contributed by atoms with E-state index in [4.69, 9.17) is 9.47 Å². The normalized spacial score (nSPS) is 18.3. The van der Waals surface area contributed by atoms with Gasteiger partial charge in [0.25, 0.3) is 11.8 Å². The number of hydrogen-bond donors (Lipinski definition) is 0. The van der Waals surface area contributed by atoms with E-state index in [1.54, 1.807) is 12.3 Å². The van der Waals surface area contributed by atoms with Crippen molar-refractivity contribution in [3.8, 4) is 11.6 Å². The molecule has 1 amide bonds. The first-order valence-electron chi connectivity index (χ1n) is 7.76. The summed E-state index contributed by atoms with van der Waals surface area (Å²) in [6.07, 6.45) is 2.56. The van der Waals surface area contributed by atoms with E-state index < -0.39 is 0 Å². The molecule has 122 valence electrons. The van der Waals surface area contributed by atoms with Crippen molar-refractivity contribution in [3.63, 3.8) is 0 Å². The highest BCUT2D eigenvalue weighted by Crippen LogP contribution is 2.35. The molecule has 0 radical (unpaired) electrons. The van der Waals surface area contributed by atoms with Gasteiger partial charge in [0.05, 0.1) is 25.8 Å².